The van der Waals surface area contributed by atoms with Crippen LogP contribution >= 0.6 is 0 Å². The lowest BCUT2D eigenvalue weighted by Crippen LogP contribution is -2.24. The highest BCUT2D eigenvalue weighted by molar-refractivity contribution is 5.96. The Kier molecular flexibility index (Phi) is 4.53. The van der Waals surface area contributed by atoms with E-state index in [1.54, 1.807) is 4.90 Å². The van der Waals surface area contributed by atoms with Gasteiger partial charge in [-0.25, -0.2) is 0 Å². The molecule has 2 heterocycles. The molecular formula is C23H25N3O2. The van der Waals surface area contributed by atoms with Crippen molar-refractivity contribution in [2.75, 3.05) is 11.4 Å². The van der Waals surface area contributed by atoms with Crippen molar-refractivity contribution in [2.45, 2.75) is 45.4 Å². The molecule has 1 atom stereocenters. The van der Waals surface area contributed by atoms with Gasteiger partial charge < -0.3 is 9.42 Å². The van der Waals surface area contributed by atoms with Crippen molar-refractivity contribution in [3.8, 4) is 11.5 Å². The first-order valence-electron chi connectivity index (χ1n) is 9.63. The van der Waals surface area contributed by atoms with E-state index in [0.717, 1.165) is 11.3 Å². The van der Waals surface area contributed by atoms with Gasteiger partial charge in [-0.3, -0.25) is 4.79 Å². The van der Waals surface area contributed by atoms with Crippen molar-refractivity contribution in [1.82, 2.24) is 10.1 Å². The number of nitrogens with zero attached hydrogens (tertiary/aromatic N) is 3. The minimum atomic E-state index is -0.0554. The fourth-order valence-corrected chi connectivity index (χ4v) is 3.49. The largest absolute Gasteiger partial charge is 0.334 e. The van der Waals surface area contributed by atoms with Gasteiger partial charge >= 0.3 is 0 Å². The molecule has 0 aliphatic carbocycles. The van der Waals surface area contributed by atoms with Crippen LogP contribution in [0.1, 0.15) is 50.1 Å². The predicted octanol–water partition coefficient (Wildman–Crippen LogP) is 4.86. The molecule has 1 aromatic heterocycles. The Hall–Kier alpha value is -2.95. The third kappa shape index (κ3) is 3.57. The van der Waals surface area contributed by atoms with E-state index in [1.165, 1.54) is 11.1 Å². The van der Waals surface area contributed by atoms with Crippen LogP contribution in [0, 0.1) is 6.92 Å². The van der Waals surface area contributed by atoms with E-state index in [2.05, 4.69) is 43.0 Å². The Morgan fingerprint density at radius 3 is 2.36 bits per heavy atom. The van der Waals surface area contributed by atoms with Gasteiger partial charge in [0.1, 0.15) is 0 Å². The molecular weight excluding hydrogens is 350 g/mol. The molecule has 0 N–H and O–H groups in total. The van der Waals surface area contributed by atoms with Gasteiger partial charge in [-0.15, -0.1) is 0 Å². The van der Waals surface area contributed by atoms with Gasteiger partial charge in [0.15, 0.2) is 5.82 Å². The van der Waals surface area contributed by atoms with Crippen LogP contribution in [0.3, 0.4) is 0 Å². The second kappa shape index (κ2) is 6.89. The third-order valence-electron chi connectivity index (χ3n) is 5.28. The van der Waals surface area contributed by atoms with E-state index in [1.807, 2.05) is 43.3 Å². The molecule has 2 aromatic carbocycles. The molecule has 3 aromatic rings. The third-order valence-corrected chi connectivity index (χ3v) is 5.28. The van der Waals surface area contributed by atoms with Gasteiger partial charge in [-0.1, -0.05) is 55.8 Å². The number of carbonyl (C=O) groups excluding carboxylic acids is 1. The molecule has 5 nitrogen and oxygen atoms in total. The van der Waals surface area contributed by atoms with Gasteiger partial charge in [0.2, 0.25) is 5.91 Å². The van der Waals surface area contributed by atoms with Gasteiger partial charge in [0, 0.05) is 30.1 Å². The zero-order valence-electron chi connectivity index (χ0n) is 16.8. The average Bonchev–Trinajstić information content (AvgIpc) is 3.29. The molecule has 0 bridgehead atoms. The molecule has 1 aliphatic heterocycles. The summed E-state index contributed by atoms with van der Waals surface area (Å²) in [5, 5.41) is 4.16. The number of benzene rings is 2. The van der Waals surface area contributed by atoms with Crippen molar-refractivity contribution in [1.29, 1.82) is 0 Å². The molecule has 0 spiro atoms. The summed E-state index contributed by atoms with van der Waals surface area (Å²) >= 11 is 0. The summed E-state index contributed by atoms with van der Waals surface area (Å²) in [4.78, 5) is 18.9. The Labute approximate surface area is 165 Å². The maximum Gasteiger partial charge on any atom is 0.257 e. The lowest BCUT2D eigenvalue weighted by Gasteiger charge is -2.18. The van der Waals surface area contributed by atoms with Crippen LogP contribution in [0.5, 0.6) is 0 Å². The monoisotopic (exact) mass is 375 g/mol. The molecule has 1 amide bonds. The van der Waals surface area contributed by atoms with Crippen LogP contribution in [0.2, 0.25) is 0 Å². The molecule has 4 rings (SSSR count). The molecule has 1 aliphatic rings. The van der Waals surface area contributed by atoms with Crippen LogP contribution in [-0.4, -0.2) is 22.6 Å². The Morgan fingerprint density at radius 1 is 1.04 bits per heavy atom. The van der Waals surface area contributed by atoms with Crippen LogP contribution < -0.4 is 4.90 Å². The smallest absolute Gasteiger partial charge is 0.257 e. The van der Waals surface area contributed by atoms with Crippen LogP contribution in [-0.2, 0) is 10.2 Å². The molecule has 144 valence electrons. The maximum atomic E-state index is 12.5. The maximum absolute atomic E-state index is 12.5. The lowest BCUT2D eigenvalue weighted by atomic mass is 9.87. The van der Waals surface area contributed by atoms with E-state index in [4.69, 9.17) is 4.52 Å². The highest BCUT2D eigenvalue weighted by Crippen LogP contribution is 2.32. The van der Waals surface area contributed by atoms with Gasteiger partial charge in [0.05, 0.1) is 0 Å². The molecule has 0 unspecified atom stereocenters. The molecule has 1 saturated heterocycles. The first-order chi connectivity index (χ1) is 13.3. The molecule has 28 heavy (non-hydrogen) atoms. The average molecular weight is 375 g/mol. The van der Waals surface area contributed by atoms with Gasteiger partial charge in [0.25, 0.3) is 5.89 Å². The second-order valence-corrected chi connectivity index (χ2v) is 8.53. The highest BCUT2D eigenvalue weighted by atomic mass is 16.5. The predicted molar refractivity (Wildman–Crippen MR) is 109 cm³/mol. The number of carbonyl (C=O) groups is 1. The van der Waals surface area contributed by atoms with E-state index in [9.17, 15) is 4.79 Å². The SMILES string of the molecule is Cc1ccc(N2C[C@H](c3noc(-c4ccc(C(C)(C)C)cc4)n3)CC2=O)cc1. The summed E-state index contributed by atoms with van der Waals surface area (Å²) in [6, 6.07) is 16.2. The van der Waals surface area contributed by atoms with Crippen LogP contribution in [0.4, 0.5) is 5.69 Å². The molecule has 5 heteroatoms. The first kappa shape index (κ1) is 18.4. The number of hydrogen-bond acceptors (Lipinski definition) is 4. The van der Waals surface area contributed by atoms with Gasteiger partial charge in [-0.05, 0) is 42.2 Å². The zero-order valence-corrected chi connectivity index (χ0v) is 16.8. The summed E-state index contributed by atoms with van der Waals surface area (Å²) in [5.74, 6) is 1.13. The van der Waals surface area contributed by atoms with Crippen molar-refractivity contribution < 1.29 is 9.32 Å². The number of anilines is 1. The van der Waals surface area contributed by atoms with Gasteiger partial charge in [-0.2, -0.15) is 4.98 Å². The Morgan fingerprint density at radius 2 is 1.71 bits per heavy atom. The summed E-state index contributed by atoms with van der Waals surface area (Å²) in [6.45, 7) is 9.16. The minimum absolute atomic E-state index is 0.0554. The quantitative estimate of drug-likeness (QED) is 0.656. The van der Waals surface area contributed by atoms with Crippen LogP contribution in [0.25, 0.3) is 11.5 Å². The number of aryl methyl sites for hydroxylation is 1. The zero-order chi connectivity index (χ0) is 19.9. The van der Waals surface area contributed by atoms with Crippen molar-refractivity contribution in [3.63, 3.8) is 0 Å². The fourth-order valence-electron chi connectivity index (χ4n) is 3.49. The molecule has 0 saturated carbocycles. The lowest BCUT2D eigenvalue weighted by molar-refractivity contribution is -0.117. The minimum Gasteiger partial charge on any atom is -0.334 e. The number of rotatable bonds is 3. The molecule has 1 fully saturated rings. The van der Waals surface area contributed by atoms with E-state index in [0.29, 0.717) is 24.7 Å². The first-order valence-corrected chi connectivity index (χ1v) is 9.63. The topological polar surface area (TPSA) is 59.2 Å². The van der Waals surface area contributed by atoms with Crippen molar-refractivity contribution in [2.24, 2.45) is 0 Å². The summed E-state index contributed by atoms with van der Waals surface area (Å²) in [5.41, 5.74) is 4.34. The van der Waals surface area contributed by atoms with Crippen LogP contribution in [0.15, 0.2) is 53.1 Å². The van der Waals surface area contributed by atoms with E-state index < -0.39 is 0 Å². The summed E-state index contributed by atoms with van der Waals surface area (Å²) < 4.78 is 5.49. The molecule has 0 radical (unpaired) electrons. The number of hydrogen-bond donors (Lipinski definition) is 0. The number of amides is 1. The summed E-state index contributed by atoms with van der Waals surface area (Å²) in [6.07, 6.45) is 0.399. The van der Waals surface area contributed by atoms with Crippen molar-refractivity contribution in [3.05, 3.63) is 65.5 Å². The second-order valence-electron chi connectivity index (χ2n) is 8.53. The van der Waals surface area contributed by atoms with Crippen molar-refractivity contribution >= 4 is 11.6 Å². The normalized spacial score (nSPS) is 17.4. The number of aromatic nitrogens is 2. The fraction of sp³-hybridized carbons (Fsp3) is 0.348. The Balaban J connectivity index is 1.52. The van der Waals surface area contributed by atoms with E-state index >= 15 is 0 Å². The standard InChI is InChI=1S/C23H25N3O2/c1-15-5-11-19(12-6-15)26-14-17(13-20(26)27)21-24-22(28-25-21)16-7-9-18(10-8-16)23(2,3)4/h5-12,17H,13-14H2,1-4H3/t17-/m1/s1. The Bertz CT molecular complexity index is 982. The van der Waals surface area contributed by atoms with E-state index in [-0.39, 0.29) is 17.2 Å². The highest BCUT2D eigenvalue weighted by Gasteiger charge is 2.34. The summed E-state index contributed by atoms with van der Waals surface area (Å²) in [7, 11) is 0.